The molecule has 2 aliphatic rings. The van der Waals surface area contributed by atoms with Crippen LogP contribution in [0.15, 0.2) is 114 Å². The summed E-state index contributed by atoms with van der Waals surface area (Å²) < 4.78 is 6.34. The highest BCUT2D eigenvalue weighted by atomic mass is 16.5. The molecule has 0 bridgehead atoms. The summed E-state index contributed by atoms with van der Waals surface area (Å²) >= 11 is 0. The van der Waals surface area contributed by atoms with Gasteiger partial charge in [-0.1, -0.05) is 72.8 Å². The van der Waals surface area contributed by atoms with E-state index in [1.54, 1.807) is 0 Å². The summed E-state index contributed by atoms with van der Waals surface area (Å²) in [5, 5.41) is 7.34. The highest BCUT2D eigenvalue weighted by Crippen LogP contribution is 2.46. The smallest absolute Gasteiger partial charge is 0.163 e. The summed E-state index contributed by atoms with van der Waals surface area (Å²) in [5.74, 6) is 1.06. The number of fused-ring (bicyclic) bond motifs is 1. The van der Waals surface area contributed by atoms with Crippen LogP contribution in [0.2, 0.25) is 0 Å². The van der Waals surface area contributed by atoms with Crippen LogP contribution in [0, 0.1) is 0 Å². The molecule has 0 fully saturated rings. The number of nitrogens with zero attached hydrogens (tertiary/aromatic N) is 1. The summed E-state index contributed by atoms with van der Waals surface area (Å²) in [6.07, 6.45) is 1.24. The minimum absolute atomic E-state index is 0.121. The second kappa shape index (κ2) is 10.7. The minimum atomic E-state index is -0.326. The van der Waals surface area contributed by atoms with Crippen molar-refractivity contribution in [3.63, 3.8) is 0 Å². The van der Waals surface area contributed by atoms with Crippen LogP contribution in [0.4, 0.5) is 17.1 Å². The molecule has 4 aromatic carbocycles. The van der Waals surface area contributed by atoms with Crippen LogP contribution >= 0.6 is 0 Å². The van der Waals surface area contributed by atoms with E-state index in [-0.39, 0.29) is 17.7 Å². The lowest BCUT2D eigenvalue weighted by molar-refractivity contribution is -0.116. The molecule has 0 spiro atoms. The van der Waals surface area contributed by atoms with E-state index in [2.05, 4.69) is 70.1 Å². The van der Waals surface area contributed by atoms with Gasteiger partial charge >= 0.3 is 0 Å². The van der Waals surface area contributed by atoms with Crippen molar-refractivity contribution in [3.8, 4) is 5.75 Å². The maximum absolute atomic E-state index is 14.0. The van der Waals surface area contributed by atoms with E-state index in [0.29, 0.717) is 13.0 Å². The molecule has 0 saturated heterocycles. The van der Waals surface area contributed by atoms with E-state index in [1.807, 2.05) is 62.6 Å². The Morgan fingerprint density at radius 1 is 0.795 bits per heavy atom. The van der Waals surface area contributed by atoms with Crippen molar-refractivity contribution in [1.82, 2.24) is 0 Å². The Morgan fingerprint density at radius 3 is 2.26 bits per heavy atom. The molecule has 4 aromatic rings. The van der Waals surface area contributed by atoms with E-state index in [4.69, 9.17) is 4.74 Å². The lowest BCUT2D eigenvalue weighted by atomic mass is 9.78. The van der Waals surface area contributed by atoms with Crippen LogP contribution in [-0.4, -0.2) is 19.9 Å². The fourth-order valence-electron chi connectivity index (χ4n) is 5.59. The maximum atomic E-state index is 14.0. The monoisotopic (exact) mass is 515 g/mol. The Balaban J connectivity index is 1.38. The number of allylic oxidation sites excluding steroid dienone is 1. The number of hydrogen-bond donors (Lipinski definition) is 2. The predicted molar refractivity (Wildman–Crippen MR) is 158 cm³/mol. The Kier molecular flexibility index (Phi) is 6.80. The van der Waals surface area contributed by atoms with Gasteiger partial charge in [0.1, 0.15) is 12.4 Å². The summed E-state index contributed by atoms with van der Waals surface area (Å²) in [4.78, 5) is 16.1. The zero-order chi connectivity index (χ0) is 26.8. The molecule has 0 aromatic heterocycles. The first-order chi connectivity index (χ1) is 19.1. The SMILES string of the molecule is CN(C)c1ccc(C2CC(=O)C3=C(C2)Nc2ccccc2NC3c2ccccc2OCc2ccccc2)cc1. The number of rotatable bonds is 6. The molecular weight excluding hydrogens is 482 g/mol. The average molecular weight is 516 g/mol. The fourth-order valence-corrected chi connectivity index (χ4v) is 5.59. The molecule has 196 valence electrons. The summed E-state index contributed by atoms with van der Waals surface area (Å²) in [6.45, 7) is 0.463. The maximum Gasteiger partial charge on any atom is 0.163 e. The molecule has 2 atom stereocenters. The number of carbonyl (C=O) groups is 1. The quantitative estimate of drug-likeness (QED) is 0.282. The van der Waals surface area contributed by atoms with Gasteiger partial charge in [-0.3, -0.25) is 4.79 Å². The molecule has 0 amide bonds. The van der Waals surface area contributed by atoms with Crippen molar-refractivity contribution in [2.75, 3.05) is 29.6 Å². The second-order valence-corrected chi connectivity index (χ2v) is 10.5. The van der Waals surface area contributed by atoms with E-state index >= 15 is 0 Å². The molecule has 2 unspecified atom stereocenters. The highest BCUT2D eigenvalue weighted by Gasteiger charge is 2.37. The van der Waals surface area contributed by atoms with Gasteiger partial charge in [0.05, 0.1) is 17.4 Å². The molecule has 39 heavy (non-hydrogen) atoms. The van der Waals surface area contributed by atoms with E-state index < -0.39 is 0 Å². The van der Waals surface area contributed by atoms with Crippen LogP contribution in [0.25, 0.3) is 0 Å². The predicted octanol–water partition coefficient (Wildman–Crippen LogP) is 7.31. The van der Waals surface area contributed by atoms with Crippen molar-refractivity contribution < 1.29 is 9.53 Å². The number of Topliss-reactive ketones (excluding diaryl/α,β-unsaturated/α-hetero) is 1. The minimum Gasteiger partial charge on any atom is -0.489 e. The second-order valence-electron chi connectivity index (χ2n) is 10.5. The van der Waals surface area contributed by atoms with Crippen LogP contribution in [-0.2, 0) is 11.4 Å². The zero-order valence-electron chi connectivity index (χ0n) is 22.4. The van der Waals surface area contributed by atoms with Gasteiger partial charge in [0.25, 0.3) is 0 Å². The number of carbonyl (C=O) groups excluding carboxylic acids is 1. The normalized spacial score (nSPS) is 18.3. The molecule has 1 aliphatic heterocycles. The molecule has 1 heterocycles. The van der Waals surface area contributed by atoms with Gasteiger partial charge < -0.3 is 20.3 Å². The molecule has 1 aliphatic carbocycles. The number of ketones is 1. The van der Waals surface area contributed by atoms with Gasteiger partial charge in [0.2, 0.25) is 0 Å². The van der Waals surface area contributed by atoms with Crippen LogP contribution in [0.5, 0.6) is 5.75 Å². The lowest BCUT2D eigenvalue weighted by Crippen LogP contribution is -2.27. The summed E-state index contributed by atoms with van der Waals surface area (Å²) in [7, 11) is 4.08. The van der Waals surface area contributed by atoms with Gasteiger partial charge in [-0.25, -0.2) is 0 Å². The van der Waals surface area contributed by atoms with Crippen molar-refractivity contribution in [2.45, 2.75) is 31.4 Å². The van der Waals surface area contributed by atoms with Crippen LogP contribution < -0.4 is 20.3 Å². The molecule has 6 rings (SSSR count). The van der Waals surface area contributed by atoms with Gasteiger partial charge in [-0.2, -0.15) is 0 Å². The van der Waals surface area contributed by atoms with Gasteiger partial charge in [0, 0.05) is 43.0 Å². The third-order valence-electron chi connectivity index (χ3n) is 7.66. The largest absolute Gasteiger partial charge is 0.489 e. The topological polar surface area (TPSA) is 53.6 Å². The van der Waals surface area contributed by atoms with Crippen LogP contribution in [0.1, 0.15) is 41.5 Å². The van der Waals surface area contributed by atoms with Crippen molar-refractivity contribution >= 4 is 22.8 Å². The third kappa shape index (κ3) is 5.13. The number of ether oxygens (including phenoxy) is 1. The van der Waals surface area contributed by atoms with E-state index in [1.165, 1.54) is 5.56 Å². The first-order valence-corrected chi connectivity index (χ1v) is 13.5. The lowest BCUT2D eigenvalue weighted by Gasteiger charge is -2.30. The Bertz CT molecular complexity index is 1510. The van der Waals surface area contributed by atoms with Crippen LogP contribution in [0.3, 0.4) is 0 Å². The summed E-state index contributed by atoms with van der Waals surface area (Å²) in [5.41, 5.74) is 8.12. The summed E-state index contributed by atoms with van der Waals surface area (Å²) in [6, 6.07) is 34.6. The Hall–Kier alpha value is -4.51. The number of benzene rings is 4. The first-order valence-electron chi connectivity index (χ1n) is 13.5. The number of anilines is 3. The van der Waals surface area contributed by atoms with E-state index in [9.17, 15) is 4.79 Å². The molecular formula is C34H33N3O2. The molecule has 0 radical (unpaired) electrons. The fraction of sp³-hybridized carbons (Fsp3) is 0.206. The average Bonchev–Trinajstić information content (AvgIpc) is 3.14. The van der Waals surface area contributed by atoms with E-state index in [0.717, 1.165) is 51.6 Å². The van der Waals surface area contributed by atoms with Crippen molar-refractivity contribution in [3.05, 3.63) is 131 Å². The van der Waals surface area contributed by atoms with Crippen molar-refractivity contribution in [2.24, 2.45) is 0 Å². The standard InChI is InChI=1S/C34H33N3O2/c1-37(2)26-18-16-24(17-19-26)25-20-30-33(31(38)21-25)34(36-29-14-8-7-13-28(29)35-30)27-12-6-9-15-32(27)39-22-23-10-4-3-5-11-23/h3-19,25,34-36H,20-22H2,1-2H3. The molecule has 0 saturated carbocycles. The van der Waals surface area contributed by atoms with Gasteiger partial charge in [-0.15, -0.1) is 0 Å². The highest BCUT2D eigenvalue weighted by molar-refractivity contribution is 6.01. The Labute approximate surface area is 230 Å². The number of para-hydroxylation sites is 3. The molecule has 5 heteroatoms. The number of hydrogen-bond acceptors (Lipinski definition) is 5. The first kappa shape index (κ1) is 24.8. The number of nitrogens with one attached hydrogen (secondary N) is 2. The van der Waals surface area contributed by atoms with Crippen molar-refractivity contribution in [1.29, 1.82) is 0 Å². The zero-order valence-corrected chi connectivity index (χ0v) is 22.4. The Morgan fingerprint density at radius 2 is 1.49 bits per heavy atom. The molecule has 2 N–H and O–H groups in total. The van der Waals surface area contributed by atoms with Gasteiger partial charge in [0.15, 0.2) is 5.78 Å². The van der Waals surface area contributed by atoms with Gasteiger partial charge in [-0.05, 0) is 53.8 Å². The third-order valence-corrected chi connectivity index (χ3v) is 7.66. The molecule has 5 nitrogen and oxygen atoms in total.